The summed E-state index contributed by atoms with van der Waals surface area (Å²) in [4.78, 5) is 21.1. The van der Waals surface area contributed by atoms with Gasteiger partial charge in [-0.2, -0.15) is 5.10 Å². The zero-order valence-corrected chi connectivity index (χ0v) is 15.1. The minimum absolute atomic E-state index is 0.195. The molecule has 1 aliphatic rings. The fourth-order valence-electron chi connectivity index (χ4n) is 3.18. The number of anilines is 1. The van der Waals surface area contributed by atoms with E-state index in [1.165, 1.54) is 0 Å². The summed E-state index contributed by atoms with van der Waals surface area (Å²) in [5, 5.41) is 14.2. The molecular weight excluding hydrogens is 346 g/mol. The van der Waals surface area contributed by atoms with Crippen LogP contribution in [0.2, 0.25) is 0 Å². The lowest BCUT2D eigenvalue weighted by molar-refractivity contribution is 0.0945. The molecule has 0 saturated heterocycles. The zero-order valence-electron chi connectivity index (χ0n) is 15.1. The van der Waals surface area contributed by atoms with Crippen LogP contribution < -0.4 is 10.6 Å². The van der Waals surface area contributed by atoms with Crippen LogP contribution in [-0.4, -0.2) is 43.9 Å². The van der Waals surface area contributed by atoms with Crippen molar-refractivity contribution < 1.29 is 9.32 Å². The van der Waals surface area contributed by atoms with E-state index >= 15 is 0 Å². The van der Waals surface area contributed by atoms with Crippen LogP contribution in [0.25, 0.3) is 5.82 Å². The number of fused-ring (bicyclic) bond motifs is 1. The normalized spacial score (nSPS) is 13.2. The van der Waals surface area contributed by atoms with Crippen molar-refractivity contribution in [2.75, 3.05) is 18.4 Å². The number of nitrogens with zero attached hydrogens (tertiary/aromatic N) is 5. The molecule has 0 spiro atoms. The largest absolute Gasteiger partial charge is 0.368 e. The molecule has 0 aromatic carbocycles. The molecule has 3 aromatic rings. The lowest BCUT2D eigenvalue weighted by atomic mass is 9.96. The van der Waals surface area contributed by atoms with E-state index in [-0.39, 0.29) is 5.91 Å². The minimum atomic E-state index is -0.195. The third-order valence-corrected chi connectivity index (χ3v) is 4.45. The molecule has 1 aliphatic carbocycles. The van der Waals surface area contributed by atoms with Crippen LogP contribution in [0, 0.1) is 6.92 Å². The van der Waals surface area contributed by atoms with Crippen molar-refractivity contribution in [3.8, 4) is 5.82 Å². The van der Waals surface area contributed by atoms with Crippen molar-refractivity contribution in [3.05, 3.63) is 47.4 Å². The van der Waals surface area contributed by atoms with Gasteiger partial charge in [-0.25, -0.2) is 14.6 Å². The first-order valence-electron chi connectivity index (χ1n) is 9.06. The van der Waals surface area contributed by atoms with Gasteiger partial charge in [-0.05, 0) is 32.3 Å². The molecule has 0 bridgehead atoms. The van der Waals surface area contributed by atoms with E-state index < -0.39 is 0 Å². The van der Waals surface area contributed by atoms with Gasteiger partial charge in [-0.1, -0.05) is 5.16 Å². The Kier molecular flexibility index (Phi) is 4.82. The smallest absolute Gasteiger partial charge is 0.273 e. The highest BCUT2D eigenvalue weighted by molar-refractivity contribution is 5.93. The van der Waals surface area contributed by atoms with Crippen LogP contribution in [-0.2, 0) is 12.8 Å². The summed E-state index contributed by atoms with van der Waals surface area (Å²) in [5.74, 6) is 2.67. The highest BCUT2D eigenvalue weighted by Gasteiger charge is 2.23. The zero-order chi connectivity index (χ0) is 18.6. The molecule has 0 unspecified atom stereocenters. The molecule has 27 heavy (non-hydrogen) atoms. The van der Waals surface area contributed by atoms with E-state index in [9.17, 15) is 4.79 Å². The highest BCUT2D eigenvalue weighted by Crippen LogP contribution is 2.24. The first-order valence-corrected chi connectivity index (χ1v) is 9.06. The first kappa shape index (κ1) is 17.2. The molecule has 0 aliphatic heterocycles. The van der Waals surface area contributed by atoms with E-state index in [0.717, 1.165) is 37.0 Å². The third kappa shape index (κ3) is 3.81. The summed E-state index contributed by atoms with van der Waals surface area (Å²) >= 11 is 0. The summed E-state index contributed by atoms with van der Waals surface area (Å²) in [6.45, 7) is 2.80. The Labute approximate surface area is 156 Å². The van der Waals surface area contributed by atoms with Gasteiger partial charge in [-0.15, -0.1) is 0 Å². The fourth-order valence-corrected chi connectivity index (χ4v) is 3.18. The summed E-state index contributed by atoms with van der Waals surface area (Å²) in [7, 11) is 0. The predicted molar refractivity (Wildman–Crippen MR) is 97.9 cm³/mol. The second kappa shape index (κ2) is 7.56. The molecule has 0 radical (unpaired) electrons. The number of hydrogen-bond donors (Lipinski definition) is 2. The number of nitrogens with one attached hydrogen (secondary N) is 2. The lowest BCUT2D eigenvalue weighted by Crippen LogP contribution is -2.30. The lowest BCUT2D eigenvalue weighted by Gasteiger charge is -2.10. The summed E-state index contributed by atoms with van der Waals surface area (Å²) < 4.78 is 6.97. The first-order chi connectivity index (χ1) is 13.2. The van der Waals surface area contributed by atoms with Crippen molar-refractivity contribution in [1.82, 2.24) is 30.2 Å². The Hall–Kier alpha value is -3.23. The van der Waals surface area contributed by atoms with E-state index in [2.05, 4.69) is 30.9 Å². The molecule has 4 rings (SSSR count). The van der Waals surface area contributed by atoms with E-state index in [0.29, 0.717) is 36.2 Å². The Morgan fingerprint density at radius 2 is 2.15 bits per heavy atom. The van der Waals surface area contributed by atoms with Gasteiger partial charge in [0.25, 0.3) is 5.91 Å². The fraction of sp³-hybridized carbons (Fsp3) is 0.389. The number of rotatable bonds is 6. The van der Waals surface area contributed by atoms with Crippen molar-refractivity contribution in [3.63, 3.8) is 0 Å². The van der Waals surface area contributed by atoms with Gasteiger partial charge in [0.05, 0.1) is 0 Å². The molecule has 9 nitrogen and oxygen atoms in total. The molecule has 3 aromatic heterocycles. The molecular formula is C18H21N7O2. The van der Waals surface area contributed by atoms with Gasteiger partial charge in [0.15, 0.2) is 11.5 Å². The number of carbonyl (C=O) groups is 1. The van der Waals surface area contributed by atoms with Crippen LogP contribution in [0.5, 0.6) is 0 Å². The Morgan fingerprint density at radius 1 is 1.26 bits per heavy atom. The number of hydrogen-bond acceptors (Lipinski definition) is 7. The standard InChI is InChI=1S/C18H21N7O2/c1-12-22-15(11-16(23-12)25-10-4-7-21-25)19-8-9-20-18(26)17-13-5-2-3-6-14(13)27-24-17/h4,7,10-11H,2-3,5-6,8-9H2,1H3,(H,20,26)(H,19,22,23). The molecule has 3 heterocycles. The third-order valence-electron chi connectivity index (χ3n) is 4.45. The SMILES string of the molecule is Cc1nc(NCCNC(=O)c2noc3c2CCCC3)cc(-n2cccn2)n1. The summed E-state index contributed by atoms with van der Waals surface area (Å²) in [6.07, 6.45) is 7.40. The van der Waals surface area contributed by atoms with Crippen LogP contribution >= 0.6 is 0 Å². The Morgan fingerprint density at radius 3 is 3.00 bits per heavy atom. The van der Waals surface area contributed by atoms with E-state index in [1.54, 1.807) is 10.9 Å². The quantitative estimate of drug-likeness (QED) is 0.638. The molecule has 1 amide bonds. The van der Waals surface area contributed by atoms with Crippen LogP contribution in [0.4, 0.5) is 5.82 Å². The molecule has 2 N–H and O–H groups in total. The van der Waals surface area contributed by atoms with Gasteiger partial charge in [0, 0.05) is 43.5 Å². The van der Waals surface area contributed by atoms with E-state index in [1.807, 2.05) is 25.3 Å². The maximum absolute atomic E-state index is 12.4. The summed E-state index contributed by atoms with van der Waals surface area (Å²) in [5.41, 5.74) is 1.38. The van der Waals surface area contributed by atoms with Crippen LogP contribution in [0.15, 0.2) is 29.0 Å². The van der Waals surface area contributed by atoms with Crippen LogP contribution in [0.1, 0.15) is 40.5 Å². The second-order valence-electron chi connectivity index (χ2n) is 6.43. The molecule has 0 saturated carbocycles. The Bertz CT molecular complexity index is 933. The number of aryl methyl sites for hydroxylation is 2. The van der Waals surface area contributed by atoms with Crippen molar-refractivity contribution in [1.29, 1.82) is 0 Å². The van der Waals surface area contributed by atoms with Crippen molar-refractivity contribution in [2.24, 2.45) is 0 Å². The maximum atomic E-state index is 12.4. The van der Waals surface area contributed by atoms with Gasteiger partial charge in [0.2, 0.25) is 0 Å². The Balaban J connectivity index is 1.33. The number of aromatic nitrogens is 5. The molecule has 140 valence electrons. The van der Waals surface area contributed by atoms with Crippen molar-refractivity contribution in [2.45, 2.75) is 32.6 Å². The second-order valence-corrected chi connectivity index (χ2v) is 6.43. The van der Waals surface area contributed by atoms with Gasteiger partial charge >= 0.3 is 0 Å². The number of carbonyl (C=O) groups excluding carboxylic acids is 1. The predicted octanol–water partition coefficient (Wildman–Crippen LogP) is 1.68. The molecule has 0 atom stereocenters. The highest BCUT2D eigenvalue weighted by atomic mass is 16.5. The van der Waals surface area contributed by atoms with E-state index in [4.69, 9.17) is 4.52 Å². The topological polar surface area (TPSA) is 111 Å². The minimum Gasteiger partial charge on any atom is -0.368 e. The molecule has 9 heteroatoms. The summed E-state index contributed by atoms with van der Waals surface area (Å²) in [6, 6.07) is 3.65. The van der Waals surface area contributed by atoms with Gasteiger partial charge in [-0.3, -0.25) is 4.79 Å². The monoisotopic (exact) mass is 367 g/mol. The van der Waals surface area contributed by atoms with Gasteiger partial charge < -0.3 is 15.2 Å². The maximum Gasteiger partial charge on any atom is 0.273 e. The van der Waals surface area contributed by atoms with Crippen LogP contribution in [0.3, 0.4) is 0 Å². The number of amides is 1. The van der Waals surface area contributed by atoms with Gasteiger partial charge in [0.1, 0.15) is 17.4 Å². The average molecular weight is 367 g/mol. The molecule has 0 fully saturated rings. The average Bonchev–Trinajstić information content (AvgIpc) is 3.34. The van der Waals surface area contributed by atoms with Crippen molar-refractivity contribution >= 4 is 11.7 Å².